The molecule has 0 saturated carbocycles. The number of alkyl halides is 3. The zero-order valence-electron chi connectivity index (χ0n) is 21.3. The van der Waals surface area contributed by atoms with Gasteiger partial charge in [0.25, 0.3) is 5.91 Å². The van der Waals surface area contributed by atoms with Gasteiger partial charge in [0.05, 0.1) is 29.2 Å². The normalized spacial score (nSPS) is 15.8. The number of anilines is 2. The minimum Gasteiger partial charge on any atom is -0.382 e. The van der Waals surface area contributed by atoms with E-state index in [0.29, 0.717) is 29.5 Å². The molecule has 3 N–H and O–H groups in total. The van der Waals surface area contributed by atoms with E-state index in [1.54, 1.807) is 6.92 Å². The second kappa shape index (κ2) is 11.2. The summed E-state index contributed by atoms with van der Waals surface area (Å²) in [5.74, 6) is 5.40. The molecule has 1 fully saturated rings. The van der Waals surface area contributed by atoms with Gasteiger partial charge in [-0.15, -0.1) is 0 Å². The number of likely N-dealkylation sites (N-methyl/N-ethyl adjacent to an activating group) is 1. The predicted octanol–water partition coefficient (Wildman–Crippen LogP) is 3.57. The van der Waals surface area contributed by atoms with Crippen molar-refractivity contribution in [1.82, 2.24) is 24.8 Å². The van der Waals surface area contributed by atoms with Gasteiger partial charge in [0.1, 0.15) is 11.5 Å². The van der Waals surface area contributed by atoms with Crippen molar-refractivity contribution < 1.29 is 18.0 Å². The number of amides is 1. The van der Waals surface area contributed by atoms with E-state index in [0.717, 1.165) is 19.0 Å². The van der Waals surface area contributed by atoms with Crippen LogP contribution in [0.1, 0.15) is 44.9 Å². The highest BCUT2D eigenvalue weighted by Gasteiger charge is 2.35. The highest BCUT2D eigenvalue weighted by atomic mass is 19.4. The molecule has 38 heavy (non-hydrogen) atoms. The molecule has 0 bridgehead atoms. The third-order valence-corrected chi connectivity index (χ3v) is 6.39. The Hall–Kier alpha value is -4.01. The van der Waals surface area contributed by atoms with Gasteiger partial charge in [0.2, 0.25) is 0 Å². The number of pyridine rings is 1. The number of hydrogen-bond acceptors (Lipinski definition) is 7. The molecule has 198 valence electrons. The first-order valence-electron chi connectivity index (χ1n) is 12.0. The van der Waals surface area contributed by atoms with Crippen LogP contribution < -0.4 is 11.1 Å². The van der Waals surface area contributed by atoms with Crippen LogP contribution in [0.2, 0.25) is 0 Å². The minimum absolute atomic E-state index is 0.0454. The maximum atomic E-state index is 13.9. The Labute approximate surface area is 219 Å². The topological polar surface area (TPSA) is 100 Å². The molecule has 1 saturated heterocycles. The van der Waals surface area contributed by atoms with Gasteiger partial charge in [-0.2, -0.15) is 13.2 Å². The van der Waals surface area contributed by atoms with Gasteiger partial charge in [-0.1, -0.05) is 12.0 Å². The molecule has 1 aliphatic heterocycles. The van der Waals surface area contributed by atoms with Crippen LogP contribution in [0, 0.1) is 18.8 Å². The van der Waals surface area contributed by atoms with E-state index >= 15 is 0 Å². The van der Waals surface area contributed by atoms with E-state index in [-0.39, 0.29) is 29.2 Å². The molecule has 3 aromatic rings. The summed E-state index contributed by atoms with van der Waals surface area (Å²) in [5, 5.41) is 2.56. The van der Waals surface area contributed by atoms with Crippen molar-refractivity contribution in [1.29, 1.82) is 0 Å². The fourth-order valence-electron chi connectivity index (χ4n) is 4.20. The van der Waals surface area contributed by atoms with Gasteiger partial charge < -0.3 is 16.0 Å². The van der Waals surface area contributed by atoms with Crippen molar-refractivity contribution in [2.75, 3.05) is 38.2 Å². The number of hydrogen-bond donors (Lipinski definition) is 2. The average molecular weight is 524 g/mol. The van der Waals surface area contributed by atoms with Gasteiger partial charge in [0.15, 0.2) is 0 Å². The predicted molar refractivity (Wildman–Crippen MR) is 138 cm³/mol. The van der Waals surface area contributed by atoms with Crippen LogP contribution in [0.4, 0.5) is 24.7 Å². The molecule has 3 heterocycles. The molecule has 2 aromatic heterocycles. The number of nitrogens with one attached hydrogen (secondary N) is 1. The number of rotatable bonds is 5. The number of aromatic nitrogens is 3. The zero-order valence-corrected chi connectivity index (χ0v) is 21.3. The Morgan fingerprint density at radius 2 is 1.95 bits per heavy atom. The molecule has 8 nitrogen and oxygen atoms in total. The van der Waals surface area contributed by atoms with Crippen LogP contribution in [0.15, 0.2) is 42.9 Å². The Morgan fingerprint density at radius 3 is 2.61 bits per heavy atom. The molecule has 1 amide bonds. The van der Waals surface area contributed by atoms with Crippen molar-refractivity contribution >= 4 is 17.4 Å². The first-order valence-corrected chi connectivity index (χ1v) is 12.0. The van der Waals surface area contributed by atoms with Gasteiger partial charge in [-0.05, 0) is 57.1 Å². The fourth-order valence-corrected chi connectivity index (χ4v) is 4.20. The lowest BCUT2D eigenvalue weighted by Crippen LogP contribution is -2.31. The smallest absolute Gasteiger partial charge is 0.382 e. The second-order valence-corrected chi connectivity index (χ2v) is 9.40. The lowest BCUT2D eigenvalue weighted by molar-refractivity contribution is -0.138. The Balaban J connectivity index is 1.52. The summed E-state index contributed by atoms with van der Waals surface area (Å²) in [6, 6.07) is 5.75. The number of benzene rings is 1. The van der Waals surface area contributed by atoms with E-state index in [1.807, 2.05) is 19.0 Å². The van der Waals surface area contributed by atoms with Crippen LogP contribution in [-0.2, 0) is 12.7 Å². The number of nitrogens with zero attached hydrogens (tertiary/aromatic N) is 5. The van der Waals surface area contributed by atoms with E-state index in [9.17, 15) is 18.0 Å². The molecular formula is C27H28F3N7O. The maximum Gasteiger partial charge on any atom is 0.416 e. The Morgan fingerprint density at radius 1 is 1.16 bits per heavy atom. The SMILES string of the molecule is Cc1ncc(C(=O)Nc2ccc(CN3CC[C@H](N(C)C)C3)c(C(F)(F)F)c2)cc1C#Cc1cnc(N)cn1. The summed E-state index contributed by atoms with van der Waals surface area (Å²) < 4.78 is 41.8. The molecule has 1 aromatic carbocycles. The summed E-state index contributed by atoms with van der Waals surface area (Å²) in [7, 11) is 3.95. The first kappa shape index (κ1) is 27.0. The molecule has 1 atom stereocenters. The summed E-state index contributed by atoms with van der Waals surface area (Å²) >= 11 is 0. The van der Waals surface area contributed by atoms with Crippen molar-refractivity contribution in [3.8, 4) is 11.8 Å². The van der Waals surface area contributed by atoms with Crippen molar-refractivity contribution in [2.24, 2.45) is 0 Å². The molecule has 4 rings (SSSR count). The Kier molecular flexibility index (Phi) is 7.94. The van der Waals surface area contributed by atoms with Crippen LogP contribution in [-0.4, -0.2) is 63.9 Å². The van der Waals surface area contributed by atoms with E-state index in [1.165, 1.54) is 36.8 Å². The number of nitrogen functional groups attached to an aromatic ring is 1. The molecule has 11 heteroatoms. The average Bonchev–Trinajstić information content (AvgIpc) is 3.34. The van der Waals surface area contributed by atoms with E-state index < -0.39 is 17.6 Å². The molecule has 0 aliphatic carbocycles. The van der Waals surface area contributed by atoms with E-state index in [2.05, 4.69) is 37.0 Å². The highest BCUT2D eigenvalue weighted by Crippen LogP contribution is 2.35. The quantitative estimate of drug-likeness (QED) is 0.493. The van der Waals surface area contributed by atoms with E-state index in [4.69, 9.17) is 5.73 Å². The number of carbonyl (C=O) groups is 1. The van der Waals surface area contributed by atoms with Crippen molar-refractivity contribution in [3.05, 3.63) is 76.5 Å². The number of aryl methyl sites for hydroxylation is 1. The first-order chi connectivity index (χ1) is 18.0. The van der Waals surface area contributed by atoms with Gasteiger partial charge in [-0.25, -0.2) is 9.97 Å². The van der Waals surface area contributed by atoms with Crippen LogP contribution in [0.25, 0.3) is 0 Å². The third-order valence-electron chi connectivity index (χ3n) is 6.39. The van der Waals surface area contributed by atoms with Crippen LogP contribution in [0.5, 0.6) is 0 Å². The van der Waals surface area contributed by atoms with Gasteiger partial charge >= 0.3 is 6.18 Å². The largest absolute Gasteiger partial charge is 0.416 e. The number of carbonyl (C=O) groups excluding carboxylic acids is 1. The standard InChI is InChI=1S/C27H28F3N7O/c1-17-18(4-7-22-13-34-25(31)14-33-22)10-20(12-32-17)26(38)35-21-6-5-19(24(11-21)27(28,29)30)15-37-9-8-23(16-37)36(2)3/h5-6,10-14,23H,8-9,15-16H2,1-3H3,(H2,31,34)(H,35,38)/t23-/m0/s1. The number of nitrogens with two attached hydrogens (primary N) is 1. The van der Waals surface area contributed by atoms with Crippen molar-refractivity contribution in [3.63, 3.8) is 0 Å². The zero-order chi connectivity index (χ0) is 27.4. The fraction of sp³-hybridized carbons (Fsp3) is 0.333. The summed E-state index contributed by atoms with van der Waals surface area (Å²) in [5.41, 5.74) is 6.59. The lowest BCUT2D eigenvalue weighted by atomic mass is 10.0. The summed E-state index contributed by atoms with van der Waals surface area (Å²) in [6.07, 6.45) is 0.508. The minimum atomic E-state index is -4.56. The number of halogens is 3. The van der Waals surface area contributed by atoms with Crippen LogP contribution >= 0.6 is 0 Å². The monoisotopic (exact) mass is 523 g/mol. The lowest BCUT2D eigenvalue weighted by Gasteiger charge is -2.22. The molecule has 0 unspecified atom stereocenters. The molecule has 1 aliphatic rings. The van der Waals surface area contributed by atoms with Gasteiger partial charge in [0, 0.05) is 43.1 Å². The van der Waals surface area contributed by atoms with Gasteiger partial charge in [-0.3, -0.25) is 14.7 Å². The summed E-state index contributed by atoms with van der Waals surface area (Å²) in [6.45, 7) is 3.36. The summed E-state index contributed by atoms with van der Waals surface area (Å²) in [4.78, 5) is 29.2. The van der Waals surface area contributed by atoms with Crippen molar-refractivity contribution in [2.45, 2.75) is 32.1 Å². The third kappa shape index (κ3) is 6.65. The van der Waals surface area contributed by atoms with Crippen LogP contribution in [0.3, 0.4) is 0 Å². The highest BCUT2D eigenvalue weighted by molar-refractivity contribution is 6.04. The molecular weight excluding hydrogens is 495 g/mol. The Bertz CT molecular complexity index is 1380. The maximum absolute atomic E-state index is 13.9. The molecule has 0 spiro atoms. The number of likely N-dealkylation sites (tertiary alicyclic amines) is 1. The second-order valence-electron chi connectivity index (χ2n) is 9.40. The molecule has 0 radical (unpaired) electrons.